The molecule has 2 heterocycles. The van der Waals surface area contributed by atoms with Crippen molar-refractivity contribution >= 4 is 44.9 Å². The molecule has 1 N–H and O–H groups in total. The largest absolute Gasteiger partial charge is 0.457 e. The third-order valence-electron chi connectivity index (χ3n) is 8.62. The van der Waals surface area contributed by atoms with Crippen LogP contribution in [0.25, 0.3) is 33.1 Å². The van der Waals surface area contributed by atoms with Crippen molar-refractivity contribution in [1.29, 1.82) is 0 Å². The summed E-state index contributed by atoms with van der Waals surface area (Å²) in [6.07, 6.45) is 0. The molecule has 0 fully saturated rings. The van der Waals surface area contributed by atoms with Crippen LogP contribution in [0, 0.1) is 0 Å². The minimum atomic E-state index is -0.510. The Bertz CT molecular complexity index is 2150. The van der Waals surface area contributed by atoms with Gasteiger partial charge >= 0.3 is 0 Å². The van der Waals surface area contributed by atoms with Gasteiger partial charge in [0.25, 0.3) is 0 Å². The lowest BCUT2D eigenvalue weighted by Gasteiger charge is -2.39. The third-order valence-corrected chi connectivity index (χ3v) is 9.01. The summed E-state index contributed by atoms with van der Waals surface area (Å²) in [6.45, 7) is 0. The molecule has 1 aromatic heterocycles. The van der Waals surface area contributed by atoms with Crippen LogP contribution in [0.15, 0.2) is 132 Å². The Morgan fingerprint density at radius 3 is 2.00 bits per heavy atom. The number of fused-ring (bicyclic) bond motifs is 12. The Morgan fingerprint density at radius 1 is 0.537 bits per heavy atom. The van der Waals surface area contributed by atoms with Gasteiger partial charge in [-0.2, -0.15) is 0 Å². The van der Waals surface area contributed by atoms with Gasteiger partial charge in [0.1, 0.15) is 22.7 Å². The van der Waals surface area contributed by atoms with Gasteiger partial charge in [-0.05, 0) is 53.1 Å². The van der Waals surface area contributed by atoms with Crippen molar-refractivity contribution in [3.05, 3.63) is 155 Å². The summed E-state index contributed by atoms with van der Waals surface area (Å²) in [6, 6.07) is 44.1. The maximum Gasteiger partial charge on any atom is 0.137 e. The molecule has 0 saturated heterocycles. The summed E-state index contributed by atoms with van der Waals surface area (Å²) in [4.78, 5) is 0. The van der Waals surface area contributed by atoms with Crippen LogP contribution in [0.4, 0.5) is 11.4 Å². The fourth-order valence-corrected chi connectivity index (χ4v) is 7.33. The maximum absolute atomic E-state index is 7.10. The molecule has 41 heavy (non-hydrogen) atoms. The van der Waals surface area contributed by atoms with Gasteiger partial charge in [-0.3, -0.25) is 0 Å². The molecule has 0 amide bonds. The van der Waals surface area contributed by atoms with Crippen LogP contribution >= 0.6 is 11.6 Å². The van der Waals surface area contributed by atoms with Crippen LogP contribution in [0.1, 0.15) is 22.3 Å². The van der Waals surface area contributed by atoms with Gasteiger partial charge in [-0.15, -0.1) is 0 Å². The fourth-order valence-electron chi connectivity index (χ4n) is 7.02. The number of nitrogens with one attached hydrogen (secondary N) is 1. The molecule has 6 aromatic carbocycles. The van der Waals surface area contributed by atoms with E-state index in [0.29, 0.717) is 5.02 Å². The summed E-state index contributed by atoms with van der Waals surface area (Å²) < 4.78 is 12.5. The molecule has 0 unspecified atom stereocenters. The van der Waals surface area contributed by atoms with Gasteiger partial charge in [0.15, 0.2) is 0 Å². The van der Waals surface area contributed by atoms with Crippen LogP contribution < -0.4 is 10.1 Å². The minimum absolute atomic E-state index is 0.510. The Labute approximate surface area is 241 Å². The third kappa shape index (κ3) is 2.93. The first-order valence-electron chi connectivity index (χ1n) is 13.7. The van der Waals surface area contributed by atoms with Crippen molar-refractivity contribution in [2.24, 2.45) is 0 Å². The first kappa shape index (κ1) is 22.8. The second-order valence-electron chi connectivity index (χ2n) is 10.6. The number of rotatable bonds is 2. The van der Waals surface area contributed by atoms with E-state index in [1.165, 1.54) is 22.3 Å². The smallest absolute Gasteiger partial charge is 0.137 e. The number of anilines is 2. The van der Waals surface area contributed by atoms with Crippen LogP contribution in [0.5, 0.6) is 11.5 Å². The SMILES string of the molecule is Clc1c(Nc2cccc3c2-c2ccccc2C32c3ccccc3Oc3ccccc32)ccc2oc3ccccc3c12. The monoisotopic (exact) mass is 547 g/mol. The lowest BCUT2D eigenvalue weighted by atomic mass is 9.66. The molecule has 4 heteroatoms. The number of benzene rings is 6. The summed E-state index contributed by atoms with van der Waals surface area (Å²) in [5.41, 5.74) is 10.1. The highest BCUT2D eigenvalue weighted by Crippen LogP contribution is 2.63. The highest BCUT2D eigenvalue weighted by Gasteiger charge is 2.51. The van der Waals surface area contributed by atoms with Gasteiger partial charge in [0, 0.05) is 33.2 Å². The number of furan rings is 1. The second-order valence-corrected chi connectivity index (χ2v) is 11.0. The number of hydrogen-bond donors (Lipinski definition) is 1. The average molecular weight is 548 g/mol. The summed E-state index contributed by atoms with van der Waals surface area (Å²) in [7, 11) is 0. The highest BCUT2D eigenvalue weighted by molar-refractivity contribution is 6.40. The van der Waals surface area contributed by atoms with E-state index < -0.39 is 5.41 Å². The number of halogens is 1. The molecule has 194 valence electrons. The van der Waals surface area contributed by atoms with Crippen LogP contribution in [0.3, 0.4) is 0 Å². The molecule has 3 nitrogen and oxygen atoms in total. The van der Waals surface area contributed by atoms with E-state index in [9.17, 15) is 0 Å². The van der Waals surface area contributed by atoms with Crippen molar-refractivity contribution < 1.29 is 9.15 Å². The molecule has 0 atom stereocenters. The fraction of sp³-hybridized carbons (Fsp3) is 0.0270. The molecule has 9 rings (SSSR count). The minimum Gasteiger partial charge on any atom is -0.457 e. The molecule has 1 aliphatic carbocycles. The zero-order chi connectivity index (χ0) is 27.1. The van der Waals surface area contributed by atoms with Crippen LogP contribution in [0.2, 0.25) is 5.02 Å². The zero-order valence-electron chi connectivity index (χ0n) is 21.8. The van der Waals surface area contributed by atoms with Crippen molar-refractivity contribution in [3.8, 4) is 22.6 Å². The maximum atomic E-state index is 7.10. The molecule has 0 saturated carbocycles. The van der Waals surface area contributed by atoms with Gasteiger partial charge < -0.3 is 14.5 Å². The van der Waals surface area contributed by atoms with Crippen LogP contribution in [-0.2, 0) is 5.41 Å². The van der Waals surface area contributed by atoms with Crippen molar-refractivity contribution in [2.45, 2.75) is 5.41 Å². The molecule has 7 aromatic rings. The van der Waals surface area contributed by atoms with E-state index in [1.54, 1.807) is 0 Å². The van der Waals surface area contributed by atoms with E-state index >= 15 is 0 Å². The van der Waals surface area contributed by atoms with E-state index in [0.717, 1.165) is 55.9 Å². The number of para-hydroxylation sites is 3. The number of ether oxygens (including phenoxy) is 1. The Morgan fingerprint density at radius 2 is 1.20 bits per heavy atom. The second kappa shape index (κ2) is 8.26. The normalized spacial score (nSPS) is 13.9. The van der Waals surface area contributed by atoms with Gasteiger partial charge in [-0.1, -0.05) is 103 Å². The first-order chi connectivity index (χ1) is 20.2. The summed E-state index contributed by atoms with van der Waals surface area (Å²) in [5, 5.41) is 6.30. The topological polar surface area (TPSA) is 34.4 Å². The molecular formula is C37H22ClNO2. The quantitative estimate of drug-likeness (QED) is 0.234. The standard InChI is InChI=1S/C37H22ClNO2/c38-36-29(20-21-33-35(36)23-11-2-6-17-30(23)40-33)39-28-16-9-15-27-34(28)22-10-1-3-12-24(22)37(27)25-13-4-7-18-31(25)41-32-19-8-5-14-26(32)37/h1-21,39H. The van der Waals surface area contributed by atoms with Crippen molar-refractivity contribution in [3.63, 3.8) is 0 Å². The van der Waals surface area contributed by atoms with Gasteiger partial charge in [0.05, 0.1) is 16.1 Å². The molecular weight excluding hydrogens is 526 g/mol. The van der Waals surface area contributed by atoms with Crippen molar-refractivity contribution in [1.82, 2.24) is 0 Å². The van der Waals surface area contributed by atoms with E-state index in [4.69, 9.17) is 20.8 Å². The lowest BCUT2D eigenvalue weighted by Crippen LogP contribution is -2.32. The molecule has 0 radical (unpaired) electrons. The Balaban J connectivity index is 1.31. The zero-order valence-corrected chi connectivity index (χ0v) is 22.6. The van der Waals surface area contributed by atoms with E-state index in [2.05, 4.69) is 90.2 Å². The van der Waals surface area contributed by atoms with E-state index in [1.807, 2.05) is 42.5 Å². The molecule has 1 spiro atoms. The average Bonchev–Trinajstić information content (AvgIpc) is 3.54. The Hall–Kier alpha value is -4.99. The van der Waals surface area contributed by atoms with Crippen LogP contribution in [-0.4, -0.2) is 0 Å². The lowest BCUT2D eigenvalue weighted by molar-refractivity contribution is 0.436. The molecule has 1 aliphatic heterocycles. The van der Waals surface area contributed by atoms with E-state index in [-0.39, 0.29) is 0 Å². The van der Waals surface area contributed by atoms with Crippen molar-refractivity contribution in [2.75, 3.05) is 5.32 Å². The summed E-state index contributed by atoms with van der Waals surface area (Å²) >= 11 is 7.10. The number of hydrogen-bond acceptors (Lipinski definition) is 3. The van der Waals surface area contributed by atoms with Gasteiger partial charge in [0.2, 0.25) is 0 Å². The first-order valence-corrected chi connectivity index (χ1v) is 14.1. The predicted molar refractivity (Wildman–Crippen MR) is 166 cm³/mol. The molecule has 2 aliphatic rings. The Kier molecular flexibility index (Phi) is 4.59. The van der Waals surface area contributed by atoms with Gasteiger partial charge in [-0.25, -0.2) is 0 Å². The highest BCUT2D eigenvalue weighted by atomic mass is 35.5. The predicted octanol–water partition coefficient (Wildman–Crippen LogP) is 10.5. The summed E-state index contributed by atoms with van der Waals surface area (Å²) in [5.74, 6) is 1.76. The molecule has 0 bridgehead atoms.